The van der Waals surface area contributed by atoms with Crippen LogP contribution in [0.1, 0.15) is 45.1 Å². The number of rotatable bonds is 9. The molecule has 2 aromatic heterocycles. The first-order valence-corrected chi connectivity index (χ1v) is 15.6. The summed E-state index contributed by atoms with van der Waals surface area (Å²) in [5.74, 6) is 1.96. The molecule has 1 saturated heterocycles. The zero-order valence-corrected chi connectivity index (χ0v) is 23.8. The Morgan fingerprint density at radius 3 is 2.55 bits per heavy atom. The molecule has 11 heteroatoms. The predicted molar refractivity (Wildman–Crippen MR) is 151 cm³/mol. The van der Waals surface area contributed by atoms with Gasteiger partial charge in [-0.05, 0) is 42.0 Å². The number of hydrogen-bond acceptors (Lipinski definition) is 9. The zero-order valence-electron chi connectivity index (χ0n) is 22.2. The molecule has 0 N–H and O–H groups in total. The molecule has 0 aliphatic carbocycles. The van der Waals surface area contributed by atoms with E-state index in [0.29, 0.717) is 48.7 Å². The molecule has 0 bridgehead atoms. The molecule has 2 aliphatic heterocycles. The van der Waals surface area contributed by atoms with Gasteiger partial charge in [0.25, 0.3) is 5.19 Å². The van der Waals surface area contributed by atoms with E-state index in [9.17, 15) is 8.42 Å². The number of thiazole rings is 1. The molecular formula is C27H35N5O4S2. The number of aromatic nitrogens is 3. The summed E-state index contributed by atoms with van der Waals surface area (Å²) >= 11 is 1.57. The van der Waals surface area contributed by atoms with Gasteiger partial charge in [0, 0.05) is 39.0 Å². The molecule has 204 valence electrons. The first kappa shape index (κ1) is 26.8. The summed E-state index contributed by atoms with van der Waals surface area (Å²) in [6, 6.07) is 6.26. The van der Waals surface area contributed by atoms with Crippen LogP contribution in [0, 0.1) is 5.92 Å². The van der Waals surface area contributed by atoms with Crippen molar-refractivity contribution in [1.82, 2.24) is 19.3 Å². The highest BCUT2D eigenvalue weighted by molar-refractivity contribution is 7.89. The van der Waals surface area contributed by atoms with Crippen LogP contribution >= 0.6 is 11.3 Å². The van der Waals surface area contributed by atoms with Gasteiger partial charge in [-0.25, -0.2) is 23.4 Å². The van der Waals surface area contributed by atoms with Crippen molar-refractivity contribution in [2.45, 2.75) is 45.6 Å². The van der Waals surface area contributed by atoms with Crippen LogP contribution in [0.5, 0.6) is 10.9 Å². The van der Waals surface area contributed by atoms with Crippen LogP contribution in [-0.2, 0) is 10.0 Å². The lowest BCUT2D eigenvalue weighted by atomic mass is 10.0. The van der Waals surface area contributed by atoms with Crippen molar-refractivity contribution in [3.63, 3.8) is 0 Å². The van der Waals surface area contributed by atoms with Crippen LogP contribution in [0.3, 0.4) is 0 Å². The van der Waals surface area contributed by atoms with Crippen LogP contribution in [0.15, 0.2) is 36.7 Å². The minimum Gasteiger partial charge on any atom is -0.494 e. The topological polar surface area (TPSA) is 97.8 Å². The lowest BCUT2D eigenvalue weighted by Crippen LogP contribution is -2.39. The number of piperidine rings is 1. The third-order valence-electron chi connectivity index (χ3n) is 7.10. The summed E-state index contributed by atoms with van der Waals surface area (Å²) in [6.45, 7) is 6.72. The normalized spacial score (nSPS) is 17.7. The number of fused-ring (bicyclic) bond motifs is 1. The fraction of sp³-hybridized carbons (Fsp3) is 0.519. The monoisotopic (exact) mass is 557 g/mol. The molecule has 3 aromatic rings. The van der Waals surface area contributed by atoms with Crippen molar-refractivity contribution >= 4 is 43.1 Å². The average molecular weight is 558 g/mol. The van der Waals surface area contributed by atoms with E-state index in [1.807, 2.05) is 6.07 Å². The van der Waals surface area contributed by atoms with E-state index in [-0.39, 0.29) is 11.9 Å². The maximum atomic E-state index is 12.7. The van der Waals surface area contributed by atoms with Gasteiger partial charge in [-0.1, -0.05) is 37.3 Å². The zero-order chi connectivity index (χ0) is 26.7. The second kappa shape index (κ2) is 11.5. The van der Waals surface area contributed by atoms with Crippen LogP contribution in [0.25, 0.3) is 15.8 Å². The third kappa shape index (κ3) is 6.27. The Labute approximate surface area is 228 Å². The van der Waals surface area contributed by atoms with E-state index >= 15 is 0 Å². The Hall–Kier alpha value is -2.76. The number of nitrogens with zero attached hydrogens (tertiary/aromatic N) is 5. The van der Waals surface area contributed by atoms with Crippen LogP contribution < -0.4 is 14.4 Å². The number of hydrogen-bond donors (Lipinski definition) is 0. The van der Waals surface area contributed by atoms with E-state index in [1.165, 1.54) is 5.57 Å². The van der Waals surface area contributed by atoms with E-state index in [1.54, 1.807) is 35.1 Å². The molecule has 5 rings (SSSR count). The largest absolute Gasteiger partial charge is 0.494 e. The van der Waals surface area contributed by atoms with Crippen LogP contribution in [-0.4, -0.2) is 72.8 Å². The SMILES string of the molecule is COc1cnc(N2CCC(Oc3nc4ccc(C5=CCN(S(=O)(=O)CCC(C)C)CC5)cc4s3)CC2)nc1. The van der Waals surface area contributed by atoms with Gasteiger partial charge in [0.1, 0.15) is 6.10 Å². The van der Waals surface area contributed by atoms with Crippen molar-refractivity contribution in [3.8, 4) is 10.9 Å². The van der Waals surface area contributed by atoms with Crippen molar-refractivity contribution in [1.29, 1.82) is 0 Å². The summed E-state index contributed by atoms with van der Waals surface area (Å²) in [7, 11) is -1.60. The van der Waals surface area contributed by atoms with Crippen LogP contribution in [0.4, 0.5) is 5.95 Å². The third-order valence-corrected chi connectivity index (χ3v) is 9.88. The molecule has 0 saturated carbocycles. The highest BCUT2D eigenvalue weighted by Crippen LogP contribution is 2.33. The standard InChI is InChI=1S/C27H35N5O4S2/c1-19(2)10-15-38(33,34)32-13-6-20(7-14-32)21-4-5-24-25(16-21)37-27(30-24)36-22-8-11-31(12-9-22)26-28-17-23(35-3)18-29-26/h4-6,16-19,22H,7-15H2,1-3H3. The van der Waals surface area contributed by atoms with E-state index in [4.69, 9.17) is 14.5 Å². The van der Waals surface area contributed by atoms with E-state index in [0.717, 1.165) is 41.7 Å². The lowest BCUT2D eigenvalue weighted by molar-refractivity contribution is 0.170. The molecule has 0 amide bonds. The summed E-state index contributed by atoms with van der Waals surface area (Å²) in [5.41, 5.74) is 3.23. The summed E-state index contributed by atoms with van der Waals surface area (Å²) < 4.78 is 39.4. The van der Waals surface area contributed by atoms with Gasteiger partial charge < -0.3 is 14.4 Å². The van der Waals surface area contributed by atoms with Gasteiger partial charge in [0.2, 0.25) is 16.0 Å². The van der Waals surface area contributed by atoms with Gasteiger partial charge >= 0.3 is 0 Å². The summed E-state index contributed by atoms with van der Waals surface area (Å²) in [4.78, 5) is 15.7. The van der Waals surface area contributed by atoms with Crippen molar-refractivity contribution in [2.24, 2.45) is 5.92 Å². The van der Waals surface area contributed by atoms with Crippen molar-refractivity contribution in [3.05, 3.63) is 42.2 Å². The Morgan fingerprint density at radius 1 is 1.13 bits per heavy atom. The maximum Gasteiger partial charge on any atom is 0.274 e. The lowest BCUT2D eigenvalue weighted by Gasteiger charge is -2.31. The second-order valence-electron chi connectivity index (χ2n) is 10.2. The highest BCUT2D eigenvalue weighted by Gasteiger charge is 2.26. The number of benzene rings is 1. The molecule has 0 atom stereocenters. The number of ether oxygens (including phenoxy) is 2. The molecular weight excluding hydrogens is 522 g/mol. The molecule has 1 fully saturated rings. The predicted octanol–water partition coefficient (Wildman–Crippen LogP) is 4.61. The molecule has 0 unspecified atom stereocenters. The molecule has 9 nitrogen and oxygen atoms in total. The second-order valence-corrected chi connectivity index (χ2v) is 13.3. The van der Waals surface area contributed by atoms with Gasteiger partial charge in [0.15, 0.2) is 5.75 Å². The van der Waals surface area contributed by atoms with E-state index < -0.39 is 10.0 Å². The Morgan fingerprint density at radius 2 is 1.89 bits per heavy atom. The minimum atomic E-state index is -3.20. The van der Waals surface area contributed by atoms with E-state index in [2.05, 4.69) is 46.9 Å². The molecule has 1 aromatic carbocycles. The fourth-order valence-corrected chi connectivity index (χ4v) is 7.35. The van der Waals surface area contributed by atoms with Gasteiger partial charge in [0.05, 0.1) is 35.5 Å². The highest BCUT2D eigenvalue weighted by atomic mass is 32.2. The quantitative estimate of drug-likeness (QED) is 0.376. The van der Waals surface area contributed by atoms with Gasteiger partial charge in [-0.2, -0.15) is 4.31 Å². The average Bonchev–Trinajstić information content (AvgIpc) is 3.34. The summed E-state index contributed by atoms with van der Waals surface area (Å²) in [6.07, 6.45) is 8.69. The maximum absolute atomic E-state index is 12.7. The van der Waals surface area contributed by atoms with Gasteiger partial charge in [-0.3, -0.25) is 0 Å². The number of anilines is 1. The number of methoxy groups -OCH3 is 1. The smallest absolute Gasteiger partial charge is 0.274 e. The molecule has 2 aliphatic rings. The Bertz CT molecular complexity index is 1380. The Balaban J connectivity index is 1.18. The first-order chi connectivity index (χ1) is 18.3. The molecule has 38 heavy (non-hydrogen) atoms. The fourth-order valence-electron chi connectivity index (χ4n) is 4.73. The minimum absolute atomic E-state index is 0.106. The van der Waals surface area contributed by atoms with Crippen LogP contribution in [0.2, 0.25) is 0 Å². The molecule has 4 heterocycles. The van der Waals surface area contributed by atoms with Crippen molar-refractivity contribution in [2.75, 3.05) is 43.9 Å². The number of sulfonamides is 1. The van der Waals surface area contributed by atoms with Gasteiger partial charge in [-0.15, -0.1) is 0 Å². The molecule has 0 spiro atoms. The Kier molecular flexibility index (Phi) is 8.15. The molecule has 0 radical (unpaired) electrons. The summed E-state index contributed by atoms with van der Waals surface area (Å²) in [5, 5.41) is 0.691. The first-order valence-electron chi connectivity index (χ1n) is 13.2. The van der Waals surface area contributed by atoms with Crippen molar-refractivity contribution < 1.29 is 17.9 Å².